The van der Waals surface area contributed by atoms with Crippen LogP contribution in [0.3, 0.4) is 0 Å². The molecule has 0 aliphatic carbocycles. The second-order valence-electron chi connectivity index (χ2n) is 6.54. The van der Waals surface area contributed by atoms with Crippen molar-refractivity contribution in [1.82, 2.24) is 14.9 Å². The molecule has 0 unspecified atom stereocenters. The first-order chi connectivity index (χ1) is 13.8. The molecule has 28 heavy (non-hydrogen) atoms. The van der Waals surface area contributed by atoms with Gasteiger partial charge in [0.05, 0.1) is 17.8 Å². The van der Waals surface area contributed by atoms with Gasteiger partial charge in [-0.3, -0.25) is 9.78 Å². The molecule has 0 spiro atoms. The van der Waals surface area contributed by atoms with Crippen molar-refractivity contribution in [3.63, 3.8) is 0 Å². The number of amides is 1. The number of hydrogen-bond acceptors (Lipinski definition) is 3. The van der Waals surface area contributed by atoms with Crippen molar-refractivity contribution in [1.29, 1.82) is 0 Å². The number of rotatable bonds is 7. The summed E-state index contributed by atoms with van der Waals surface area (Å²) in [7, 11) is 0. The summed E-state index contributed by atoms with van der Waals surface area (Å²) in [5.74, 6) is 0.726. The Kier molecular flexibility index (Phi) is 5.33. The first kappa shape index (κ1) is 17.8. The molecule has 4 rings (SSSR count). The molecule has 5 nitrogen and oxygen atoms in total. The summed E-state index contributed by atoms with van der Waals surface area (Å²) in [4.78, 5) is 16.5. The summed E-state index contributed by atoms with van der Waals surface area (Å²) in [6.07, 6.45) is 3.64. The molecule has 0 saturated carbocycles. The van der Waals surface area contributed by atoms with E-state index in [0.29, 0.717) is 13.2 Å². The molecule has 0 saturated heterocycles. The third-order valence-electron chi connectivity index (χ3n) is 4.50. The largest absolute Gasteiger partial charge is 0.489 e. The van der Waals surface area contributed by atoms with Gasteiger partial charge in [0.25, 0.3) is 0 Å². The Labute approximate surface area is 163 Å². The lowest BCUT2D eigenvalue weighted by atomic mass is 10.2. The Morgan fingerprint density at radius 2 is 1.86 bits per heavy atom. The minimum Gasteiger partial charge on any atom is -0.489 e. The smallest absolute Gasteiger partial charge is 0.240 e. The average Bonchev–Trinajstić information content (AvgIpc) is 3.14. The van der Waals surface area contributed by atoms with E-state index in [1.807, 2.05) is 83.6 Å². The maximum Gasteiger partial charge on any atom is 0.240 e. The minimum absolute atomic E-state index is 0.0567. The normalized spacial score (nSPS) is 10.7. The number of hydrogen-bond donors (Lipinski definition) is 1. The maximum atomic E-state index is 12.3. The number of carbonyl (C=O) groups excluding carboxylic acids is 1. The van der Waals surface area contributed by atoms with Gasteiger partial charge in [0, 0.05) is 18.5 Å². The van der Waals surface area contributed by atoms with Crippen molar-refractivity contribution >= 4 is 16.8 Å². The quantitative estimate of drug-likeness (QED) is 0.535. The van der Waals surface area contributed by atoms with Crippen LogP contribution in [0.25, 0.3) is 10.9 Å². The van der Waals surface area contributed by atoms with E-state index >= 15 is 0 Å². The van der Waals surface area contributed by atoms with E-state index in [-0.39, 0.29) is 12.5 Å². The van der Waals surface area contributed by atoms with Gasteiger partial charge in [-0.05, 0) is 41.3 Å². The lowest BCUT2D eigenvalue weighted by Gasteiger charge is -2.09. The van der Waals surface area contributed by atoms with Crippen LogP contribution in [0.1, 0.15) is 11.3 Å². The van der Waals surface area contributed by atoms with Crippen LogP contribution in [0.5, 0.6) is 5.75 Å². The number of benzene rings is 2. The monoisotopic (exact) mass is 371 g/mol. The highest BCUT2D eigenvalue weighted by atomic mass is 16.5. The van der Waals surface area contributed by atoms with Gasteiger partial charge >= 0.3 is 0 Å². The summed E-state index contributed by atoms with van der Waals surface area (Å²) in [5, 5.41) is 3.98. The molecule has 2 heterocycles. The van der Waals surface area contributed by atoms with E-state index < -0.39 is 0 Å². The highest BCUT2D eigenvalue weighted by Gasteiger charge is 2.08. The fourth-order valence-corrected chi connectivity index (χ4v) is 3.03. The Balaban J connectivity index is 1.41. The molecule has 0 aliphatic heterocycles. The van der Waals surface area contributed by atoms with E-state index in [1.54, 1.807) is 6.20 Å². The van der Waals surface area contributed by atoms with Gasteiger partial charge in [-0.2, -0.15) is 0 Å². The van der Waals surface area contributed by atoms with Crippen molar-refractivity contribution in [2.24, 2.45) is 0 Å². The number of aromatic nitrogens is 2. The van der Waals surface area contributed by atoms with Crippen LogP contribution in [-0.4, -0.2) is 15.5 Å². The molecule has 5 heteroatoms. The zero-order valence-electron chi connectivity index (χ0n) is 15.4. The number of pyridine rings is 1. The van der Waals surface area contributed by atoms with Crippen molar-refractivity contribution in [3.05, 3.63) is 96.4 Å². The van der Waals surface area contributed by atoms with Gasteiger partial charge in [0.1, 0.15) is 18.9 Å². The topological polar surface area (TPSA) is 56.1 Å². The molecular weight excluding hydrogens is 350 g/mol. The first-order valence-corrected chi connectivity index (χ1v) is 9.20. The molecule has 2 aromatic carbocycles. The van der Waals surface area contributed by atoms with Gasteiger partial charge in [0.15, 0.2) is 0 Å². The van der Waals surface area contributed by atoms with Gasteiger partial charge in [-0.1, -0.05) is 36.4 Å². The predicted octanol–water partition coefficient (Wildman–Crippen LogP) is 3.93. The van der Waals surface area contributed by atoms with Crippen LogP contribution >= 0.6 is 0 Å². The summed E-state index contributed by atoms with van der Waals surface area (Å²) in [5.41, 5.74) is 2.93. The van der Waals surface area contributed by atoms with Gasteiger partial charge < -0.3 is 14.6 Å². The molecule has 0 radical (unpaired) electrons. The fourth-order valence-electron chi connectivity index (χ4n) is 3.03. The molecule has 0 bridgehead atoms. The zero-order valence-corrected chi connectivity index (χ0v) is 15.4. The van der Waals surface area contributed by atoms with Gasteiger partial charge in [-0.25, -0.2) is 0 Å². The predicted molar refractivity (Wildman–Crippen MR) is 109 cm³/mol. The Hall–Kier alpha value is -3.60. The van der Waals surface area contributed by atoms with Crippen molar-refractivity contribution in [2.75, 3.05) is 0 Å². The Morgan fingerprint density at radius 1 is 1.00 bits per heavy atom. The summed E-state index contributed by atoms with van der Waals surface area (Å²) < 4.78 is 7.84. The summed E-state index contributed by atoms with van der Waals surface area (Å²) >= 11 is 0. The number of ether oxygens (including phenoxy) is 1. The second kappa shape index (κ2) is 8.39. The standard InChI is InChI=1S/C23H21N3O2/c27-23(25-15-20-8-4-5-12-24-20)16-26-13-11-19-9-10-21(14-22(19)26)28-17-18-6-2-1-3-7-18/h1-14H,15-17H2,(H,25,27). The SMILES string of the molecule is O=C(Cn1ccc2ccc(OCc3ccccc3)cc21)NCc1ccccn1. The number of fused-ring (bicyclic) bond motifs is 1. The highest BCUT2D eigenvalue weighted by molar-refractivity contribution is 5.84. The van der Waals surface area contributed by atoms with Crippen LogP contribution in [-0.2, 0) is 24.5 Å². The lowest BCUT2D eigenvalue weighted by Crippen LogP contribution is -2.27. The average molecular weight is 371 g/mol. The van der Waals surface area contributed by atoms with E-state index in [9.17, 15) is 4.79 Å². The highest BCUT2D eigenvalue weighted by Crippen LogP contribution is 2.23. The van der Waals surface area contributed by atoms with Crippen molar-refractivity contribution in [2.45, 2.75) is 19.7 Å². The zero-order chi connectivity index (χ0) is 19.2. The molecule has 0 aliphatic rings. The van der Waals surface area contributed by atoms with Crippen LogP contribution in [0, 0.1) is 0 Å². The van der Waals surface area contributed by atoms with Crippen molar-refractivity contribution < 1.29 is 9.53 Å². The second-order valence-corrected chi connectivity index (χ2v) is 6.54. The number of nitrogens with one attached hydrogen (secondary N) is 1. The van der Waals surface area contributed by atoms with E-state index in [0.717, 1.165) is 27.9 Å². The molecule has 0 fully saturated rings. The van der Waals surface area contributed by atoms with E-state index in [2.05, 4.69) is 10.3 Å². The molecule has 1 amide bonds. The van der Waals surface area contributed by atoms with Gasteiger partial charge in [0.2, 0.25) is 5.91 Å². The molecule has 2 aromatic heterocycles. The first-order valence-electron chi connectivity index (χ1n) is 9.20. The van der Waals surface area contributed by atoms with Gasteiger partial charge in [-0.15, -0.1) is 0 Å². The third-order valence-corrected chi connectivity index (χ3v) is 4.50. The maximum absolute atomic E-state index is 12.3. The lowest BCUT2D eigenvalue weighted by molar-refractivity contribution is -0.121. The van der Waals surface area contributed by atoms with E-state index in [1.165, 1.54) is 0 Å². The Bertz CT molecular complexity index is 1060. The third kappa shape index (κ3) is 4.38. The van der Waals surface area contributed by atoms with E-state index in [4.69, 9.17) is 4.74 Å². The number of carbonyl (C=O) groups is 1. The molecule has 1 N–H and O–H groups in total. The fraction of sp³-hybridized carbons (Fsp3) is 0.130. The number of nitrogens with zero attached hydrogens (tertiary/aromatic N) is 2. The molecular formula is C23H21N3O2. The summed E-state index contributed by atoms with van der Waals surface area (Å²) in [6.45, 7) is 1.18. The molecule has 0 atom stereocenters. The van der Waals surface area contributed by atoms with Crippen LogP contribution in [0.4, 0.5) is 0 Å². The molecule has 140 valence electrons. The van der Waals surface area contributed by atoms with Crippen LogP contribution in [0.15, 0.2) is 85.2 Å². The minimum atomic E-state index is -0.0567. The Morgan fingerprint density at radius 3 is 2.68 bits per heavy atom. The van der Waals surface area contributed by atoms with Crippen molar-refractivity contribution in [3.8, 4) is 5.75 Å². The van der Waals surface area contributed by atoms with Crippen LogP contribution in [0.2, 0.25) is 0 Å². The molecule has 4 aromatic rings. The summed E-state index contributed by atoms with van der Waals surface area (Å²) in [6, 6.07) is 23.7. The van der Waals surface area contributed by atoms with Crippen LogP contribution < -0.4 is 10.1 Å².